The zero-order chi connectivity index (χ0) is 24.2. The second kappa shape index (κ2) is 7.61. The Labute approximate surface area is 188 Å². The van der Waals surface area contributed by atoms with Crippen LogP contribution in [0.25, 0.3) is 27.8 Å². The van der Waals surface area contributed by atoms with E-state index in [2.05, 4.69) is 25.7 Å². The molecule has 1 amide bonds. The number of rotatable bonds is 4. The van der Waals surface area contributed by atoms with E-state index in [0.717, 1.165) is 16.6 Å². The first-order valence-corrected chi connectivity index (χ1v) is 9.96. The van der Waals surface area contributed by atoms with Crippen LogP contribution in [-0.2, 0) is 13.0 Å². The predicted octanol–water partition coefficient (Wildman–Crippen LogP) is 3.46. The Bertz CT molecular complexity index is 1590. The molecule has 0 bridgehead atoms. The molecular formula is C22H15F4N7O. The molecule has 0 saturated carbocycles. The maximum absolute atomic E-state index is 15.5. The van der Waals surface area contributed by atoms with Crippen LogP contribution < -0.4 is 5.32 Å². The first-order valence-electron chi connectivity index (χ1n) is 9.96. The first-order chi connectivity index (χ1) is 16.2. The Morgan fingerprint density at radius 2 is 1.82 bits per heavy atom. The average molecular weight is 469 g/mol. The van der Waals surface area contributed by atoms with Crippen molar-refractivity contribution in [3.05, 3.63) is 77.2 Å². The zero-order valence-electron chi connectivity index (χ0n) is 17.7. The number of carbonyl (C=O) groups excluding carboxylic acids is 1. The van der Waals surface area contributed by atoms with E-state index in [0.29, 0.717) is 0 Å². The van der Waals surface area contributed by atoms with Crippen LogP contribution in [0.1, 0.15) is 21.7 Å². The number of alkyl halides is 2. The van der Waals surface area contributed by atoms with Gasteiger partial charge in [-0.1, -0.05) is 6.07 Å². The lowest BCUT2D eigenvalue weighted by Gasteiger charge is -2.15. The van der Waals surface area contributed by atoms with E-state index in [9.17, 15) is 9.18 Å². The standard InChI is InChI=1S/C22H15F4N7O/c1-27-20(34)12-4-3-11(9-15(12)23)16-7-8-18-28-29-21(33(18)31-16)22(25,26)14-5-6-17-13(19(14)24)10-32(2)30-17/h3-10H,1-2H3,(H,27,34). The van der Waals surface area contributed by atoms with Crippen molar-refractivity contribution in [2.75, 3.05) is 7.05 Å². The number of amides is 1. The van der Waals surface area contributed by atoms with Crippen LogP contribution >= 0.6 is 0 Å². The normalized spacial score (nSPS) is 11.9. The minimum Gasteiger partial charge on any atom is -0.355 e. The molecule has 0 fully saturated rings. The van der Waals surface area contributed by atoms with Gasteiger partial charge in [-0.2, -0.15) is 23.5 Å². The van der Waals surface area contributed by atoms with Crippen LogP contribution in [0.3, 0.4) is 0 Å². The van der Waals surface area contributed by atoms with Gasteiger partial charge in [0.15, 0.2) is 5.65 Å². The lowest BCUT2D eigenvalue weighted by molar-refractivity contribution is 0.0271. The molecule has 0 saturated heterocycles. The highest BCUT2D eigenvalue weighted by molar-refractivity contribution is 5.94. The van der Waals surface area contributed by atoms with E-state index in [1.807, 2.05) is 0 Å². The molecule has 5 rings (SSSR count). The van der Waals surface area contributed by atoms with Gasteiger partial charge in [-0.25, -0.2) is 8.78 Å². The molecule has 12 heteroatoms. The Kier molecular flexibility index (Phi) is 4.81. The van der Waals surface area contributed by atoms with Crippen molar-refractivity contribution in [3.63, 3.8) is 0 Å². The van der Waals surface area contributed by atoms with Crippen molar-refractivity contribution in [1.29, 1.82) is 0 Å². The number of fused-ring (bicyclic) bond motifs is 2. The van der Waals surface area contributed by atoms with E-state index < -0.39 is 34.9 Å². The molecule has 0 aliphatic rings. The lowest BCUT2D eigenvalue weighted by Crippen LogP contribution is -2.22. The maximum Gasteiger partial charge on any atom is 0.336 e. The summed E-state index contributed by atoms with van der Waals surface area (Å²) >= 11 is 0. The molecular weight excluding hydrogens is 454 g/mol. The smallest absolute Gasteiger partial charge is 0.336 e. The quantitative estimate of drug-likeness (QED) is 0.407. The van der Waals surface area contributed by atoms with Crippen molar-refractivity contribution in [2.24, 2.45) is 7.05 Å². The highest BCUT2D eigenvalue weighted by Crippen LogP contribution is 2.38. The topological polar surface area (TPSA) is 90.0 Å². The van der Waals surface area contributed by atoms with Gasteiger partial charge in [-0.3, -0.25) is 9.48 Å². The van der Waals surface area contributed by atoms with E-state index in [1.165, 1.54) is 48.3 Å². The summed E-state index contributed by atoms with van der Waals surface area (Å²) in [6, 6.07) is 8.82. The van der Waals surface area contributed by atoms with Crippen molar-refractivity contribution in [3.8, 4) is 11.3 Å². The monoisotopic (exact) mass is 469 g/mol. The summed E-state index contributed by atoms with van der Waals surface area (Å²) in [5.74, 6) is -7.35. The SMILES string of the molecule is CNC(=O)c1ccc(-c2ccc3nnc(C(F)(F)c4ccc5nn(C)cc5c4F)n3n2)cc1F. The third-order valence-corrected chi connectivity index (χ3v) is 5.36. The number of aryl methyl sites for hydroxylation is 1. The second-order valence-electron chi connectivity index (χ2n) is 7.52. The number of benzene rings is 2. The van der Waals surface area contributed by atoms with Crippen LogP contribution in [0.5, 0.6) is 0 Å². The van der Waals surface area contributed by atoms with Crippen molar-refractivity contribution in [2.45, 2.75) is 5.92 Å². The van der Waals surface area contributed by atoms with Crippen molar-refractivity contribution in [1.82, 2.24) is 34.9 Å². The first kappa shape index (κ1) is 21.5. The molecule has 34 heavy (non-hydrogen) atoms. The highest BCUT2D eigenvalue weighted by Gasteiger charge is 2.43. The highest BCUT2D eigenvalue weighted by atomic mass is 19.3. The molecule has 3 heterocycles. The Morgan fingerprint density at radius 3 is 2.56 bits per heavy atom. The van der Waals surface area contributed by atoms with E-state index in [1.54, 1.807) is 7.05 Å². The third-order valence-electron chi connectivity index (χ3n) is 5.36. The van der Waals surface area contributed by atoms with E-state index in [4.69, 9.17) is 0 Å². The van der Waals surface area contributed by atoms with Crippen LogP contribution in [0, 0.1) is 11.6 Å². The number of aromatic nitrogens is 6. The molecule has 172 valence electrons. The third kappa shape index (κ3) is 3.26. The largest absolute Gasteiger partial charge is 0.355 e. The number of hydrogen-bond acceptors (Lipinski definition) is 5. The van der Waals surface area contributed by atoms with Crippen molar-refractivity contribution >= 4 is 22.5 Å². The number of halogens is 4. The minimum atomic E-state index is -3.90. The van der Waals surface area contributed by atoms with Gasteiger partial charge >= 0.3 is 5.92 Å². The fourth-order valence-corrected chi connectivity index (χ4v) is 3.67. The van der Waals surface area contributed by atoms with Crippen LogP contribution in [-0.4, -0.2) is 42.5 Å². The van der Waals surface area contributed by atoms with Gasteiger partial charge in [0, 0.05) is 25.9 Å². The average Bonchev–Trinajstić information content (AvgIpc) is 3.41. The van der Waals surface area contributed by atoms with Crippen molar-refractivity contribution < 1.29 is 22.4 Å². The fraction of sp³-hybridized carbons (Fsp3) is 0.136. The number of carbonyl (C=O) groups is 1. The summed E-state index contributed by atoms with van der Waals surface area (Å²) in [4.78, 5) is 11.7. The molecule has 3 aromatic heterocycles. The minimum absolute atomic E-state index is 0.0104. The summed E-state index contributed by atoms with van der Waals surface area (Å²) < 4.78 is 62.5. The summed E-state index contributed by atoms with van der Waals surface area (Å²) in [5.41, 5.74) is -0.509. The van der Waals surface area contributed by atoms with Gasteiger partial charge < -0.3 is 5.32 Å². The molecule has 0 spiro atoms. The number of nitrogens with one attached hydrogen (secondary N) is 1. The Hall–Kier alpha value is -4.35. The number of hydrogen-bond donors (Lipinski definition) is 1. The second-order valence-corrected chi connectivity index (χ2v) is 7.52. The van der Waals surface area contributed by atoms with Crippen LogP contribution in [0.4, 0.5) is 17.6 Å². The molecule has 5 aromatic rings. The summed E-state index contributed by atoms with van der Waals surface area (Å²) in [6.45, 7) is 0. The summed E-state index contributed by atoms with van der Waals surface area (Å²) in [5, 5.41) is 17.7. The molecule has 8 nitrogen and oxygen atoms in total. The molecule has 0 aliphatic carbocycles. The number of nitrogens with zero attached hydrogens (tertiary/aromatic N) is 6. The predicted molar refractivity (Wildman–Crippen MR) is 113 cm³/mol. The van der Waals surface area contributed by atoms with Gasteiger partial charge in [-0.05, 0) is 36.4 Å². The summed E-state index contributed by atoms with van der Waals surface area (Å²) in [7, 11) is 2.92. The van der Waals surface area contributed by atoms with Gasteiger partial charge in [0.25, 0.3) is 5.91 Å². The molecule has 0 atom stereocenters. The van der Waals surface area contributed by atoms with Crippen LogP contribution in [0.15, 0.2) is 48.7 Å². The Balaban J connectivity index is 1.62. The van der Waals surface area contributed by atoms with Crippen LogP contribution in [0.2, 0.25) is 0 Å². The maximum atomic E-state index is 15.5. The van der Waals surface area contributed by atoms with E-state index >= 15 is 13.2 Å². The van der Waals surface area contributed by atoms with Gasteiger partial charge in [-0.15, -0.1) is 10.2 Å². The lowest BCUT2D eigenvalue weighted by atomic mass is 10.0. The fourth-order valence-electron chi connectivity index (χ4n) is 3.67. The van der Waals surface area contributed by atoms with Gasteiger partial charge in [0.05, 0.1) is 27.7 Å². The zero-order valence-corrected chi connectivity index (χ0v) is 17.7. The molecule has 1 N–H and O–H groups in total. The van der Waals surface area contributed by atoms with Gasteiger partial charge in [0.2, 0.25) is 5.82 Å². The molecule has 0 unspecified atom stereocenters. The molecule has 0 aliphatic heterocycles. The van der Waals surface area contributed by atoms with Gasteiger partial charge in [0.1, 0.15) is 11.6 Å². The summed E-state index contributed by atoms with van der Waals surface area (Å²) in [6.07, 6.45) is 1.31. The Morgan fingerprint density at radius 1 is 1.03 bits per heavy atom. The molecule has 2 aromatic carbocycles. The van der Waals surface area contributed by atoms with E-state index in [-0.39, 0.29) is 33.4 Å². The molecule has 0 radical (unpaired) electrons.